The molecule has 5 heteroatoms. The van der Waals surface area contributed by atoms with Gasteiger partial charge in [0, 0.05) is 18.9 Å². The highest BCUT2D eigenvalue weighted by molar-refractivity contribution is 4.97. The van der Waals surface area contributed by atoms with Gasteiger partial charge in [-0.15, -0.1) is 0 Å². The Labute approximate surface area is 95.3 Å². The Morgan fingerprint density at radius 3 is 3.00 bits per heavy atom. The maximum atomic E-state index is 5.43. The molecule has 1 aromatic heterocycles. The van der Waals surface area contributed by atoms with E-state index in [-0.39, 0.29) is 0 Å². The van der Waals surface area contributed by atoms with Crippen LogP contribution in [0.15, 0.2) is 4.52 Å². The van der Waals surface area contributed by atoms with Crippen LogP contribution in [0.5, 0.6) is 0 Å². The van der Waals surface area contributed by atoms with Gasteiger partial charge in [0.05, 0.1) is 6.61 Å². The maximum Gasteiger partial charge on any atom is 0.226 e. The van der Waals surface area contributed by atoms with Crippen molar-refractivity contribution in [2.45, 2.75) is 38.0 Å². The Morgan fingerprint density at radius 1 is 1.31 bits per heavy atom. The van der Waals surface area contributed by atoms with Crippen LogP contribution in [0.25, 0.3) is 0 Å². The van der Waals surface area contributed by atoms with Gasteiger partial charge >= 0.3 is 0 Å². The second-order valence-electron chi connectivity index (χ2n) is 4.21. The predicted octanol–water partition coefficient (Wildman–Crippen LogP) is 1.24. The van der Waals surface area contributed by atoms with Gasteiger partial charge < -0.3 is 15.0 Å². The van der Waals surface area contributed by atoms with Crippen molar-refractivity contribution in [1.82, 2.24) is 10.1 Å². The molecule has 1 atom stereocenters. The third-order valence-electron chi connectivity index (χ3n) is 2.87. The van der Waals surface area contributed by atoms with Gasteiger partial charge in [0.2, 0.25) is 5.89 Å². The van der Waals surface area contributed by atoms with E-state index in [4.69, 9.17) is 15.0 Å². The Bertz CT molecular complexity index is 308. The summed E-state index contributed by atoms with van der Waals surface area (Å²) in [7, 11) is 0. The largest absolute Gasteiger partial charge is 0.381 e. The van der Waals surface area contributed by atoms with Crippen molar-refractivity contribution in [2.24, 2.45) is 5.73 Å². The quantitative estimate of drug-likeness (QED) is 0.737. The molecule has 90 valence electrons. The molecular weight excluding hydrogens is 206 g/mol. The number of rotatable bonds is 6. The van der Waals surface area contributed by atoms with Crippen LogP contribution in [0.3, 0.4) is 0 Å². The second kappa shape index (κ2) is 5.96. The summed E-state index contributed by atoms with van der Waals surface area (Å²) >= 11 is 0. The second-order valence-corrected chi connectivity index (χ2v) is 4.21. The molecule has 0 aromatic carbocycles. The van der Waals surface area contributed by atoms with Gasteiger partial charge in [-0.2, -0.15) is 4.98 Å². The summed E-state index contributed by atoms with van der Waals surface area (Å²) in [5, 5.41) is 4.01. The molecule has 0 aliphatic carbocycles. The van der Waals surface area contributed by atoms with Crippen molar-refractivity contribution in [1.29, 1.82) is 0 Å². The molecule has 2 rings (SSSR count). The molecule has 0 bridgehead atoms. The molecule has 0 amide bonds. The van der Waals surface area contributed by atoms with Gasteiger partial charge in [0.1, 0.15) is 0 Å². The van der Waals surface area contributed by atoms with Crippen LogP contribution in [0.4, 0.5) is 0 Å². The monoisotopic (exact) mass is 225 g/mol. The van der Waals surface area contributed by atoms with Gasteiger partial charge in [-0.3, -0.25) is 0 Å². The number of nitrogens with zero attached hydrogens (tertiary/aromatic N) is 2. The fourth-order valence-electron chi connectivity index (χ4n) is 1.87. The van der Waals surface area contributed by atoms with Crippen LogP contribution < -0.4 is 5.73 Å². The fraction of sp³-hybridized carbons (Fsp3) is 0.818. The van der Waals surface area contributed by atoms with Crippen molar-refractivity contribution < 1.29 is 9.26 Å². The lowest BCUT2D eigenvalue weighted by Crippen LogP contribution is -2.00. The van der Waals surface area contributed by atoms with E-state index in [0.29, 0.717) is 5.92 Å². The highest BCUT2D eigenvalue weighted by Gasteiger charge is 2.22. The molecular formula is C11H19N3O2. The number of hydrogen-bond acceptors (Lipinski definition) is 5. The number of nitrogens with two attached hydrogens (primary N) is 1. The molecule has 5 nitrogen and oxygen atoms in total. The van der Waals surface area contributed by atoms with Crippen LogP contribution in [-0.2, 0) is 11.2 Å². The molecule has 0 radical (unpaired) electrons. The molecule has 1 aliphatic rings. The molecule has 0 saturated carbocycles. The summed E-state index contributed by atoms with van der Waals surface area (Å²) in [6.07, 6.45) is 5.13. The molecule has 2 heterocycles. The Balaban J connectivity index is 1.77. The average Bonchev–Trinajstić information content (AvgIpc) is 2.94. The topological polar surface area (TPSA) is 74.2 Å². The third-order valence-corrected chi connectivity index (χ3v) is 2.87. The number of aryl methyl sites for hydroxylation is 1. The third kappa shape index (κ3) is 3.02. The first kappa shape index (κ1) is 11.5. The minimum atomic E-state index is 0.335. The fourth-order valence-corrected chi connectivity index (χ4v) is 1.87. The summed E-state index contributed by atoms with van der Waals surface area (Å²) in [6.45, 7) is 2.30. The van der Waals surface area contributed by atoms with Gasteiger partial charge in [-0.1, -0.05) is 11.6 Å². The van der Waals surface area contributed by atoms with E-state index < -0.39 is 0 Å². The highest BCUT2D eigenvalue weighted by Crippen LogP contribution is 2.22. The normalized spacial score (nSPS) is 20.4. The SMILES string of the molecule is NCCCCCc1nc(C2CCOC2)no1. The lowest BCUT2D eigenvalue weighted by atomic mass is 10.1. The van der Waals surface area contributed by atoms with E-state index in [2.05, 4.69) is 10.1 Å². The zero-order valence-corrected chi connectivity index (χ0v) is 9.52. The summed E-state index contributed by atoms with van der Waals surface area (Å²) in [5.74, 6) is 1.90. The van der Waals surface area contributed by atoms with Gasteiger partial charge in [-0.05, 0) is 25.8 Å². The van der Waals surface area contributed by atoms with E-state index >= 15 is 0 Å². The Hall–Kier alpha value is -0.940. The van der Waals surface area contributed by atoms with Crippen molar-refractivity contribution in [3.8, 4) is 0 Å². The maximum absolute atomic E-state index is 5.43. The van der Waals surface area contributed by atoms with E-state index in [0.717, 1.165) is 63.6 Å². The standard InChI is InChI=1S/C11H19N3O2/c12-6-3-1-2-4-10-13-11(14-16-10)9-5-7-15-8-9/h9H,1-8,12H2. The van der Waals surface area contributed by atoms with Gasteiger partial charge in [0.15, 0.2) is 5.82 Å². The van der Waals surface area contributed by atoms with Crippen LogP contribution in [-0.4, -0.2) is 29.9 Å². The minimum Gasteiger partial charge on any atom is -0.381 e. The highest BCUT2D eigenvalue weighted by atomic mass is 16.5. The van der Waals surface area contributed by atoms with E-state index in [9.17, 15) is 0 Å². The predicted molar refractivity (Wildman–Crippen MR) is 59.1 cm³/mol. The van der Waals surface area contributed by atoms with Gasteiger partial charge in [0.25, 0.3) is 0 Å². The van der Waals surface area contributed by atoms with Crippen molar-refractivity contribution in [3.63, 3.8) is 0 Å². The summed E-state index contributed by atoms with van der Waals surface area (Å²) in [6, 6.07) is 0. The summed E-state index contributed by atoms with van der Waals surface area (Å²) < 4.78 is 10.5. The first-order valence-electron chi connectivity index (χ1n) is 6.00. The van der Waals surface area contributed by atoms with Crippen LogP contribution in [0.2, 0.25) is 0 Å². The van der Waals surface area contributed by atoms with Crippen molar-refractivity contribution in [2.75, 3.05) is 19.8 Å². The van der Waals surface area contributed by atoms with Crippen molar-refractivity contribution in [3.05, 3.63) is 11.7 Å². The van der Waals surface area contributed by atoms with Crippen LogP contribution in [0, 0.1) is 0 Å². The molecule has 1 fully saturated rings. The number of hydrogen-bond donors (Lipinski definition) is 1. The van der Waals surface area contributed by atoms with Crippen molar-refractivity contribution >= 4 is 0 Å². The molecule has 1 aliphatic heterocycles. The first-order chi connectivity index (χ1) is 7.90. The molecule has 1 unspecified atom stereocenters. The molecule has 1 saturated heterocycles. The molecule has 1 aromatic rings. The summed E-state index contributed by atoms with van der Waals surface area (Å²) in [5.41, 5.74) is 5.43. The Morgan fingerprint density at radius 2 is 2.25 bits per heavy atom. The van der Waals surface area contributed by atoms with Crippen LogP contribution >= 0.6 is 0 Å². The lowest BCUT2D eigenvalue weighted by molar-refractivity contribution is 0.192. The smallest absolute Gasteiger partial charge is 0.226 e. The Kier molecular flexibility index (Phi) is 4.30. The van der Waals surface area contributed by atoms with E-state index in [1.807, 2.05) is 0 Å². The van der Waals surface area contributed by atoms with E-state index in [1.54, 1.807) is 0 Å². The summed E-state index contributed by atoms with van der Waals surface area (Å²) in [4.78, 5) is 4.40. The first-order valence-corrected chi connectivity index (χ1v) is 6.00. The number of unbranched alkanes of at least 4 members (excludes halogenated alkanes) is 2. The lowest BCUT2D eigenvalue weighted by Gasteiger charge is -1.97. The van der Waals surface area contributed by atoms with Crippen LogP contribution in [0.1, 0.15) is 43.3 Å². The zero-order valence-electron chi connectivity index (χ0n) is 9.52. The van der Waals surface area contributed by atoms with Gasteiger partial charge in [-0.25, -0.2) is 0 Å². The molecule has 0 spiro atoms. The number of ether oxygens (including phenoxy) is 1. The minimum absolute atomic E-state index is 0.335. The number of aromatic nitrogens is 2. The molecule has 16 heavy (non-hydrogen) atoms. The van der Waals surface area contributed by atoms with E-state index in [1.165, 1.54) is 0 Å². The molecule has 2 N–H and O–H groups in total. The zero-order chi connectivity index (χ0) is 11.2. The average molecular weight is 225 g/mol.